The van der Waals surface area contributed by atoms with Crippen LogP contribution in [0.25, 0.3) is 22.0 Å². The van der Waals surface area contributed by atoms with Gasteiger partial charge in [-0.05, 0) is 35.4 Å². The normalized spacial score (nSPS) is 10.7. The molecule has 2 aromatic carbocycles. The maximum Gasteiger partial charge on any atom is 0.296 e. The number of aromatic nitrogens is 2. The van der Waals surface area contributed by atoms with Crippen LogP contribution in [-0.2, 0) is 0 Å². The van der Waals surface area contributed by atoms with Gasteiger partial charge in [0.15, 0.2) is 0 Å². The molecule has 1 N–H and O–H groups in total. The first kappa shape index (κ1) is 12.7. The van der Waals surface area contributed by atoms with Crippen LogP contribution in [0.4, 0.5) is 0 Å². The summed E-state index contributed by atoms with van der Waals surface area (Å²) in [4.78, 5) is 18.7. The molecule has 1 aromatic heterocycles. The largest absolute Gasteiger partial charge is 0.468 e. The number of fused-ring (bicyclic) bond motifs is 1. The average molecular weight is 287 g/mol. The van der Waals surface area contributed by atoms with Crippen LogP contribution in [0, 0.1) is 0 Å². The van der Waals surface area contributed by atoms with Gasteiger partial charge in [0.25, 0.3) is 11.6 Å². The van der Waals surface area contributed by atoms with E-state index < -0.39 is 0 Å². The van der Waals surface area contributed by atoms with E-state index in [-0.39, 0.29) is 11.6 Å². The number of methoxy groups -OCH3 is 1. The molecular weight excluding hydrogens is 276 g/mol. The SMILES string of the molecule is COc1nc2cc(-c3ccc(Cl)cc3)ccc2c(=O)[nH]1. The van der Waals surface area contributed by atoms with Crippen molar-refractivity contribution < 1.29 is 4.74 Å². The molecule has 0 bridgehead atoms. The van der Waals surface area contributed by atoms with Gasteiger partial charge in [-0.25, -0.2) is 0 Å². The van der Waals surface area contributed by atoms with Crippen LogP contribution in [0.15, 0.2) is 47.3 Å². The minimum Gasteiger partial charge on any atom is -0.468 e. The van der Waals surface area contributed by atoms with Gasteiger partial charge in [-0.1, -0.05) is 29.8 Å². The van der Waals surface area contributed by atoms with Crippen LogP contribution in [-0.4, -0.2) is 17.1 Å². The quantitative estimate of drug-likeness (QED) is 0.787. The average Bonchev–Trinajstić information content (AvgIpc) is 2.47. The predicted octanol–water partition coefficient (Wildman–Crippen LogP) is 3.25. The molecule has 20 heavy (non-hydrogen) atoms. The minimum atomic E-state index is -0.213. The highest BCUT2D eigenvalue weighted by atomic mass is 35.5. The lowest BCUT2D eigenvalue weighted by Gasteiger charge is -2.05. The molecule has 100 valence electrons. The van der Waals surface area contributed by atoms with Gasteiger partial charge in [0, 0.05) is 5.02 Å². The highest BCUT2D eigenvalue weighted by Crippen LogP contribution is 2.24. The lowest BCUT2D eigenvalue weighted by atomic mass is 10.0. The molecule has 0 fully saturated rings. The Labute approximate surface area is 120 Å². The Morgan fingerprint density at radius 1 is 1.10 bits per heavy atom. The predicted molar refractivity (Wildman–Crippen MR) is 79.4 cm³/mol. The summed E-state index contributed by atoms with van der Waals surface area (Å²) in [6.07, 6.45) is 0. The van der Waals surface area contributed by atoms with Gasteiger partial charge < -0.3 is 4.74 Å². The number of nitrogens with zero attached hydrogens (tertiary/aromatic N) is 1. The number of benzene rings is 2. The molecule has 3 rings (SSSR count). The number of H-pyrrole nitrogens is 1. The second-order valence-electron chi connectivity index (χ2n) is 4.31. The maximum atomic E-state index is 11.9. The molecule has 0 amide bonds. The lowest BCUT2D eigenvalue weighted by Crippen LogP contribution is -2.09. The van der Waals surface area contributed by atoms with Crippen molar-refractivity contribution >= 4 is 22.5 Å². The van der Waals surface area contributed by atoms with Gasteiger partial charge in [0.1, 0.15) is 0 Å². The first-order valence-corrected chi connectivity index (χ1v) is 6.39. The van der Waals surface area contributed by atoms with Crippen molar-refractivity contribution in [2.45, 2.75) is 0 Å². The highest BCUT2D eigenvalue weighted by molar-refractivity contribution is 6.30. The Balaban J connectivity index is 2.19. The van der Waals surface area contributed by atoms with E-state index in [2.05, 4.69) is 9.97 Å². The number of halogens is 1. The fourth-order valence-corrected chi connectivity index (χ4v) is 2.16. The number of hydrogen-bond acceptors (Lipinski definition) is 3. The summed E-state index contributed by atoms with van der Waals surface area (Å²) in [6, 6.07) is 13.2. The molecule has 0 spiro atoms. The molecule has 5 heteroatoms. The van der Waals surface area contributed by atoms with Crippen molar-refractivity contribution in [2.75, 3.05) is 7.11 Å². The third-order valence-corrected chi connectivity index (χ3v) is 3.31. The molecule has 4 nitrogen and oxygen atoms in total. The van der Waals surface area contributed by atoms with Crippen LogP contribution in [0.5, 0.6) is 6.01 Å². The molecular formula is C15H11ClN2O2. The van der Waals surface area contributed by atoms with Crippen molar-refractivity contribution in [1.29, 1.82) is 0 Å². The molecule has 0 radical (unpaired) electrons. The van der Waals surface area contributed by atoms with Crippen LogP contribution in [0.3, 0.4) is 0 Å². The van der Waals surface area contributed by atoms with Gasteiger partial charge >= 0.3 is 0 Å². The Kier molecular flexibility index (Phi) is 3.16. The maximum absolute atomic E-state index is 11.9. The third-order valence-electron chi connectivity index (χ3n) is 3.06. The first-order valence-electron chi connectivity index (χ1n) is 6.01. The summed E-state index contributed by atoms with van der Waals surface area (Å²) in [5.74, 6) is 0. The Morgan fingerprint density at radius 3 is 2.50 bits per heavy atom. The van der Waals surface area contributed by atoms with Crippen molar-refractivity contribution in [3.63, 3.8) is 0 Å². The fraction of sp³-hybridized carbons (Fsp3) is 0.0667. The zero-order valence-electron chi connectivity index (χ0n) is 10.7. The van der Waals surface area contributed by atoms with E-state index in [0.29, 0.717) is 15.9 Å². The molecule has 0 saturated carbocycles. The summed E-state index contributed by atoms with van der Waals surface area (Å²) in [5.41, 5.74) is 2.36. The van der Waals surface area contributed by atoms with Gasteiger partial charge in [-0.2, -0.15) is 4.98 Å². The van der Waals surface area contributed by atoms with Crippen LogP contribution in [0.1, 0.15) is 0 Å². The van der Waals surface area contributed by atoms with E-state index in [0.717, 1.165) is 11.1 Å². The zero-order valence-corrected chi connectivity index (χ0v) is 11.4. The summed E-state index contributed by atoms with van der Waals surface area (Å²) in [5, 5.41) is 1.22. The van der Waals surface area contributed by atoms with E-state index in [1.54, 1.807) is 6.07 Å². The van der Waals surface area contributed by atoms with E-state index in [9.17, 15) is 4.79 Å². The number of aromatic amines is 1. The summed E-state index contributed by atoms with van der Waals surface area (Å²) in [7, 11) is 1.47. The Morgan fingerprint density at radius 2 is 1.80 bits per heavy atom. The van der Waals surface area contributed by atoms with Crippen molar-refractivity contribution in [3.05, 3.63) is 57.8 Å². The van der Waals surface area contributed by atoms with E-state index in [4.69, 9.17) is 16.3 Å². The number of nitrogens with one attached hydrogen (secondary N) is 1. The number of rotatable bonds is 2. The van der Waals surface area contributed by atoms with Crippen molar-refractivity contribution in [1.82, 2.24) is 9.97 Å². The monoisotopic (exact) mass is 286 g/mol. The number of ether oxygens (including phenoxy) is 1. The Bertz CT molecular complexity index is 825. The topological polar surface area (TPSA) is 55.0 Å². The van der Waals surface area contributed by atoms with Crippen molar-refractivity contribution in [3.8, 4) is 17.1 Å². The summed E-state index contributed by atoms with van der Waals surface area (Å²) < 4.78 is 4.98. The molecule has 0 aliphatic rings. The van der Waals surface area contributed by atoms with Crippen molar-refractivity contribution in [2.24, 2.45) is 0 Å². The molecule has 3 aromatic rings. The summed E-state index contributed by atoms with van der Waals surface area (Å²) in [6.45, 7) is 0. The zero-order chi connectivity index (χ0) is 14.1. The second-order valence-corrected chi connectivity index (χ2v) is 4.75. The van der Waals surface area contributed by atoms with Gasteiger partial charge in [-0.15, -0.1) is 0 Å². The smallest absolute Gasteiger partial charge is 0.296 e. The number of hydrogen-bond donors (Lipinski definition) is 1. The lowest BCUT2D eigenvalue weighted by molar-refractivity contribution is 0.380. The van der Waals surface area contributed by atoms with Gasteiger partial charge in [0.2, 0.25) is 0 Å². The highest BCUT2D eigenvalue weighted by Gasteiger charge is 2.06. The third kappa shape index (κ3) is 2.26. The molecule has 0 aliphatic carbocycles. The molecule has 0 unspecified atom stereocenters. The van der Waals surface area contributed by atoms with Crippen LogP contribution >= 0.6 is 11.6 Å². The first-order chi connectivity index (χ1) is 9.67. The standard InChI is InChI=1S/C15H11ClN2O2/c1-20-15-17-13-8-10(4-7-12(13)14(19)18-15)9-2-5-11(16)6-3-9/h2-8H,1H3,(H,17,18,19). The minimum absolute atomic E-state index is 0.204. The summed E-state index contributed by atoms with van der Waals surface area (Å²) >= 11 is 5.88. The Hall–Kier alpha value is -2.33. The van der Waals surface area contributed by atoms with Crippen LogP contribution in [0.2, 0.25) is 5.02 Å². The van der Waals surface area contributed by atoms with E-state index in [1.165, 1.54) is 7.11 Å². The van der Waals surface area contributed by atoms with Gasteiger partial charge in [0.05, 0.1) is 18.0 Å². The molecule has 0 aliphatic heterocycles. The van der Waals surface area contributed by atoms with E-state index >= 15 is 0 Å². The van der Waals surface area contributed by atoms with Gasteiger partial charge in [-0.3, -0.25) is 9.78 Å². The van der Waals surface area contributed by atoms with E-state index in [1.807, 2.05) is 36.4 Å². The molecule has 1 heterocycles. The van der Waals surface area contributed by atoms with Crippen LogP contribution < -0.4 is 10.3 Å². The molecule has 0 atom stereocenters. The molecule has 0 saturated heterocycles. The second kappa shape index (κ2) is 4.98. The fourth-order valence-electron chi connectivity index (χ4n) is 2.04.